The van der Waals surface area contributed by atoms with Gasteiger partial charge < -0.3 is 5.32 Å². The topological polar surface area (TPSA) is 12.0 Å². The Labute approximate surface area is 51.5 Å². The molecule has 0 amide bonds. The van der Waals surface area contributed by atoms with Gasteiger partial charge in [0.25, 0.3) is 0 Å². The van der Waals surface area contributed by atoms with Crippen molar-refractivity contribution >= 4 is 0 Å². The highest BCUT2D eigenvalue weighted by Crippen LogP contribution is 2.13. The smallest absolute Gasteiger partial charge is 0.00229 e. The predicted octanol–water partition coefficient (Wildman–Crippen LogP) is 1.25. The van der Waals surface area contributed by atoms with E-state index in [1.54, 1.807) is 0 Å². The molecule has 0 aromatic heterocycles. The summed E-state index contributed by atoms with van der Waals surface area (Å²) in [6, 6.07) is 0. The van der Waals surface area contributed by atoms with Gasteiger partial charge in [-0.15, -0.1) is 0 Å². The maximum absolute atomic E-state index is 3.38. The fourth-order valence-corrected chi connectivity index (χ4v) is 1.43. The molecule has 1 heterocycles. The van der Waals surface area contributed by atoms with Crippen molar-refractivity contribution in [3.05, 3.63) is 0 Å². The Kier molecular flexibility index (Phi) is 1.90. The first kappa shape index (κ1) is 6.09. The Balaban J connectivity index is 2.23. The van der Waals surface area contributed by atoms with Crippen molar-refractivity contribution in [1.82, 2.24) is 5.32 Å². The van der Waals surface area contributed by atoms with Crippen molar-refractivity contribution in [2.24, 2.45) is 11.8 Å². The average molecular weight is 113 g/mol. The van der Waals surface area contributed by atoms with E-state index in [0.29, 0.717) is 0 Å². The van der Waals surface area contributed by atoms with Gasteiger partial charge in [-0.05, 0) is 31.3 Å². The molecular weight excluding hydrogens is 98.1 g/mol. The van der Waals surface area contributed by atoms with Gasteiger partial charge in [-0.3, -0.25) is 0 Å². The maximum Gasteiger partial charge on any atom is -0.00229 e. The Bertz CT molecular complexity index is 62.8. The summed E-state index contributed by atoms with van der Waals surface area (Å²) in [7, 11) is 0. The van der Waals surface area contributed by atoms with Gasteiger partial charge in [0, 0.05) is 0 Å². The zero-order chi connectivity index (χ0) is 5.98. The lowest BCUT2D eigenvalue weighted by Gasteiger charge is -2.24. The van der Waals surface area contributed by atoms with Crippen molar-refractivity contribution in [3.8, 4) is 0 Å². The van der Waals surface area contributed by atoms with Gasteiger partial charge in [0.05, 0.1) is 0 Å². The summed E-state index contributed by atoms with van der Waals surface area (Å²) in [5.41, 5.74) is 0. The molecule has 1 aliphatic heterocycles. The second kappa shape index (κ2) is 2.49. The number of nitrogens with one attached hydrogen (secondary N) is 1. The Morgan fingerprint density at radius 2 is 1.62 bits per heavy atom. The van der Waals surface area contributed by atoms with Gasteiger partial charge in [-0.2, -0.15) is 0 Å². The van der Waals surface area contributed by atoms with Crippen LogP contribution in [0.15, 0.2) is 0 Å². The summed E-state index contributed by atoms with van der Waals surface area (Å²) in [5, 5.41) is 3.38. The zero-order valence-corrected chi connectivity index (χ0v) is 5.78. The van der Waals surface area contributed by atoms with Crippen molar-refractivity contribution < 1.29 is 0 Å². The molecule has 0 saturated carbocycles. The molecule has 1 aliphatic rings. The maximum atomic E-state index is 3.38. The second-order valence-electron chi connectivity index (χ2n) is 3.10. The van der Waals surface area contributed by atoms with E-state index >= 15 is 0 Å². The lowest BCUT2D eigenvalue weighted by molar-refractivity contribution is 0.321. The molecule has 1 rings (SSSR count). The van der Waals surface area contributed by atoms with Crippen LogP contribution >= 0.6 is 0 Å². The minimum Gasteiger partial charge on any atom is -0.316 e. The molecule has 0 aliphatic carbocycles. The van der Waals surface area contributed by atoms with Crippen LogP contribution in [0.5, 0.6) is 0 Å². The normalized spacial score (nSPS) is 39.8. The van der Waals surface area contributed by atoms with E-state index in [2.05, 4.69) is 19.2 Å². The third-order valence-corrected chi connectivity index (χ3v) is 1.79. The highest BCUT2D eigenvalue weighted by molar-refractivity contribution is 4.69. The second-order valence-corrected chi connectivity index (χ2v) is 3.10. The van der Waals surface area contributed by atoms with Crippen LogP contribution in [-0.4, -0.2) is 13.1 Å². The molecule has 1 N–H and O–H groups in total. The summed E-state index contributed by atoms with van der Waals surface area (Å²) >= 11 is 0. The number of piperidine rings is 1. The SMILES string of the molecule is CC1CNC[C@@H](C)C1. The summed E-state index contributed by atoms with van der Waals surface area (Å²) < 4.78 is 0. The monoisotopic (exact) mass is 113 g/mol. The molecule has 0 spiro atoms. The van der Waals surface area contributed by atoms with E-state index in [9.17, 15) is 0 Å². The van der Waals surface area contributed by atoms with Crippen LogP contribution in [0.25, 0.3) is 0 Å². The van der Waals surface area contributed by atoms with E-state index in [-0.39, 0.29) is 0 Å². The van der Waals surface area contributed by atoms with Crippen LogP contribution in [0, 0.1) is 11.8 Å². The first-order valence-electron chi connectivity index (χ1n) is 3.49. The average Bonchev–Trinajstić information content (AvgIpc) is 1.64. The standard InChI is InChI=1S/C7H15N/c1-6-3-7(2)5-8-4-6/h6-8H,3-5H2,1-2H3/t6-,7?/m0/s1. The van der Waals surface area contributed by atoms with Gasteiger partial charge in [0.15, 0.2) is 0 Å². The molecule has 0 aromatic rings. The van der Waals surface area contributed by atoms with E-state index in [1.807, 2.05) is 0 Å². The minimum atomic E-state index is 0.902. The largest absolute Gasteiger partial charge is 0.316 e. The van der Waals surface area contributed by atoms with Crippen LogP contribution in [0.2, 0.25) is 0 Å². The Morgan fingerprint density at radius 1 is 1.12 bits per heavy atom. The van der Waals surface area contributed by atoms with Gasteiger partial charge in [0.1, 0.15) is 0 Å². The van der Waals surface area contributed by atoms with Crippen LogP contribution in [0.4, 0.5) is 0 Å². The van der Waals surface area contributed by atoms with E-state index < -0.39 is 0 Å². The van der Waals surface area contributed by atoms with E-state index in [1.165, 1.54) is 19.5 Å². The van der Waals surface area contributed by atoms with Crippen molar-refractivity contribution in [3.63, 3.8) is 0 Å². The molecule has 0 aromatic carbocycles. The zero-order valence-electron chi connectivity index (χ0n) is 5.78. The Hall–Kier alpha value is -0.0400. The van der Waals surface area contributed by atoms with Crippen molar-refractivity contribution in [1.29, 1.82) is 0 Å². The van der Waals surface area contributed by atoms with Gasteiger partial charge in [-0.1, -0.05) is 13.8 Å². The number of rotatable bonds is 0. The Morgan fingerprint density at radius 3 is 1.88 bits per heavy atom. The molecule has 0 bridgehead atoms. The van der Waals surface area contributed by atoms with E-state index in [4.69, 9.17) is 0 Å². The summed E-state index contributed by atoms with van der Waals surface area (Å²) in [6.45, 7) is 7.07. The fourth-order valence-electron chi connectivity index (χ4n) is 1.43. The quantitative estimate of drug-likeness (QED) is 0.498. The van der Waals surface area contributed by atoms with Crippen LogP contribution in [0.3, 0.4) is 0 Å². The molecule has 1 nitrogen and oxygen atoms in total. The van der Waals surface area contributed by atoms with Crippen molar-refractivity contribution in [2.45, 2.75) is 20.3 Å². The lowest BCUT2D eigenvalue weighted by atomic mass is 9.94. The molecule has 1 heteroatoms. The molecule has 1 fully saturated rings. The molecular formula is C7H15N. The van der Waals surface area contributed by atoms with E-state index in [0.717, 1.165) is 11.8 Å². The first-order valence-corrected chi connectivity index (χ1v) is 3.49. The van der Waals surface area contributed by atoms with Gasteiger partial charge in [-0.25, -0.2) is 0 Å². The highest BCUT2D eigenvalue weighted by Gasteiger charge is 2.12. The van der Waals surface area contributed by atoms with Crippen LogP contribution in [-0.2, 0) is 0 Å². The highest BCUT2D eigenvalue weighted by atomic mass is 14.9. The first-order chi connectivity index (χ1) is 3.79. The number of hydrogen-bond donors (Lipinski definition) is 1. The minimum absolute atomic E-state index is 0.902. The van der Waals surface area contributed by atoms with Crippen molar-refractivity contribution in [2.75, 3.05) is 13.1 Å². The summed E-state index contributed by atoms with van der Waals surface area (Å²) in [5.74, 6) is 1.80. The molecule has 8 heavy (non-hydrogen) atoms. The molecule has 1 unspecified atom stereocenters. The molecule has 2 atom stereocenters. The van der Waals surface area contributed by atoms with Gasteiger partial charge >= 0.3 is 0 Å². The number of hydrogen-bond acceptors (Lipinski definition) is 1. The summed E-state index contributed by atoms with van der Waals surface area (Å²) in [4.78, 5) is 0. The van der Waals surface area contributed by atoms with Crippen LogP contribution < -0.4 is 5.32 Å². The third-order valence-electron chi connectivity index (χ3n) is 1.79. The van der Waals surface area contributed by atoms with Gasteiger partial charge in [0.2, 0.25) is 0 Å². The predicted molar refractivity (Wildman–Crippen MR) is 35.8 cm³/mol. The molecule has 48 valence electrons. The molecule has 1 saturated heterocycles. The van der Waals surface area contributed by atoms with Crippen LogP contribution in [0.1, 0.15) is 20.3 Å². The molecule has 0 radical (unpaired) electrons. The lowest BCUT2D eigenvalue weighted by Crippen LogP contribution is -2.33. The fraction of sp³-hybridized carbons (Fsp3) is 1.00. The third kappa shape index (κ3) is 1.48. The summed E-state index contributed by atoms with van der Waals surface area (Å²) in [6.07, 6.45) is 1.41.